The second kappa shape index (κ2) is 13.0. The minimum Gasteiger partial charge on any atom is -0.481 e. The summed E-state index contributed by atoms with van der Waals surface area (Å²) in [6.07, 6.45) is 1.33. The van der Waals surface area contributed by atoms with Crippen molar-refractivity contribution in [1.82, 2.24) is 20.9 Å². The van der Waals surface area contributed by atoms with Crippen LogP contribution >= 0.6 is 0 Å². The number of amides is 2. The van der Waals surface area contributed by atoms with Gasteiger partial charge in [0.1, 0.15) is 12.1 Å². The van der Waals surface area contributed by atoms with Gasteiger partial charge in [0.15, 0.2) is 5.54 Å². The largest absolute Gasteiger partial charge is 0.481 e. The van der Waals surface area contributed by atoms with Gasteiger partial charge in [-0.2, -0.15) is 0 Å². The van der Waals surface area contributed by atoms with Gasteiger partial charge in [0, 0.05) is 12.6 Å². The SMILES string of the molecule is CC(NCCCCC(NC(=O)NC(CCC(=O)O)C(=O)O)C(=O)O)(C(=O)O)c1ccccn1. The molecule has 1 aromatic rings. The molecule has 1 aromatic heterocycles. The quantitative estimate of drug-likeness (QED) is 0.173. The van der Waals surface area contributed by atoms with Crippen LogP contribution in [0.5, 0.6) is 0 Å². The van der Waals surface area contributed by atoms with Crippen LogP contribution in [0.15, 0.2) is 24.4 Å². The highest BCUT2D eigenvalue weighted by Crippen LogP contribution is 2.18. The van der Waals surface area contributed by atoms with Gasteiger partial charge in [-0.25, -0.2) is 19.2 Å². The number of hydrogen-bond donors (Lipinski definition) is 7. The summed E-state index contributed by atoms with van der Waals surface area (Å²) in [5.41, 5.74) is -1.12. The maximum Gasteiger partial charge on any atom is 0.329 e. The highest BCUT2D eigenvalue weighted by atomic mass is 16.4. The van der Waals surface area contributed by atoms with Gasteiger partial charge < -0.3 is 31.1 Å². The maximum absolute atomic E-state index is 12.0. The third-order valence-electron chi connectivity index (χ3n) is 4.86. The number of urea groups is 1. The highest BCUT2D eigenvalue weighted by Gasteiger charge is 2.35. The van der Waals surface area contributed by atoms with Gasteiger partial charge in [0.05, 0.1) is 5.69 Å². The molecule has 0 bridgehead atoms. The Morgan fingerprint density at radius 1 is 0.939 bits per heavy atom. The van der Waals surface area contributed by atoms with E-state index in [2.05, 4.69) is 15.6 Å². The average Bonchev–Trinajstić information content (AvgIpc) is 2.75. The summed E-state index contributed by atoms with van der Waals surface area (Å²) < 4.78 is 0. The third-order valence-corrected chi connectivity index (χ3v) is 4.86. The van der Waals surface area contributed by atoms with Crippen molar-refractivity contribution in [2.75, 3.05) is 6.54 Å². The van der Waals surface area contributed by atoms with E-state index < -0.39 is 54.0 Å². The summed E-state index contributed by atoms with van der Waals surface area (Å²) in [5, 5.41) is 43.7. The van der Waals surface area contributed by atoms with Crippen LogP contribution in [-0.4, -0.2) is 73.9 Å². The topological polar surface area (TPSA) is 215 Å². The lowest BCUT2D eigenvalue weighted by atomic mass is 9.96. The number of aliphatic carboxylic acids is 4. The van der Waals surface area contributed by atoms with Crippen LogP contribution in [0.2, 0.25) is 0 Å². The van der Waals surface area contributed by atoms with Crippen LogP contribution in [0.4, 0.5) is 4.79 Å². The number of carbonyl (C=O) groups excluding carboxylic acids is 1. The summed E-state index contributed by atoms with van der Waals surface area (Å²) in [7, 11) is 0. The van der Waals surface area contributed by atoms with Crippen LogP contribution in [0.25, 0.3) is 0 Å². The van der Waals surface area contributed by atoms with E-state index in [9.17, 15) is 34.2 Å². The van der Waals surface area contributed by atoms with Crippen molar-refractivity contribution in [3.8, 4) is 0 Å². The van der Waals surface area contributed by atoms with E-state index in [1.54, 1.807) is 18.2 Å². The minimum atomic E-state index is -1.49. The van der Waals surface area contributed by atoms with E-state index in [4.69, 9.17) is 10.2 Å². The Hall–Kier alpha value is -3.74. The molecule has 1 rings (SSSR count). The number of nitrogens with zero attached hydrogens (tertiary/aromatic N) is 1. The third kappa shape index (κ3) is 9.11. The number of carboxylic acid groups (broad SMARTS) is 4. The molecule has 33 heavy (non-hydrogen) atoms. The normalized spacial score (nSPS) is 14.3. The smallest absolute Gasteiger partial charge is 0.329 e. The van der Waals surface area contributed by atoms with Crippen molar-refractivity contribution in [3.63, 3.8) is 0 Å². The van der Waals surface area contributed by atoms with Crippen molar-refractivity contribution in [2.24, 2.45) is 0 Å². The number of hydrogen-bond acceptors (Lipinski definition) is 7. The number of pyridine rings is 1. The molecule has 182 valence electrons. The molecule has 2 amide bonds. The molecule has 3 atom stereocenters. The molecule has 0 saturated carbocycles. The van der Waals surface area contributed by atoms with Crippen LogP contribution in [-0.2, 0) is 24.7 Å². The molecular formula is C20H28N4O9. The van der Waals surface area contributed by atoms with Gasteiger partial charge in [0.25, 0.3) is 0 Å². The van der Waals surface area contributed by atoms with Gasteiger partial charge in [-0.15, -0.1) is 0 Å². The molecule has 7 N–H and O–H groups in total. The monoisotopic (exact) mass is 468 g/mol. The number of carboxylic acids is 4. The average molecular weight is 468 g/mol. The number of carbonyl (C=O) groups is 5. The molecule has 0 radical (unpaired) electrons. The highest BCUT2D eigenvalue weighted by molar-refractivity contribution is 5.86. The number of nitrogens with one attached hydrogen (secondary N) is 3. The van der Waals surface area contributed by atoms with E-state index in [-0.39, 0.29) is 19.4 Å². The zero-order valence-electron chi connectivity index (χ0n) is 18.0. The first-order valence-corrected chi connectivity index (χ1v) is 10.1. The molecule has 0 saturated heterocycles. The molecule has 0 aromatic carbocycles. The second-order valence-electron chi connectivity index (χ2n) is 7.40. The van der Waals surface area contributed by atoms with Gasteiger partial charge >= 0.3 is 29.9 Å². The molecule has 0 spiro atoms. The van der Waals surface area contributed by atoms with Gasteiger partial charge in [0.2, 0.25) is 0 Å². The molecule has 0 aliphatic heterocycles. The molecule has 0 fully saturated rings. The van der Waals surface area contributed by atoms with Gasteiger partial charge in [-0.1, -0.05) is 6.07 Å². The predicted octanol–water partition coefficient (Wildman–Crippen LogP) is 0.212. The lowest BCUT2D eigenvalue weighted by molar-refractivity contribution is -0.145. The lowest BCUT2D eigenvalue weighted by Crippen LogP contribution is -2.51. The zero-order valence-corrected chi connectivity index (χ0v) is 18.0. The minimum absolute atomic E-state index is 0.00463. The van der Waals surface area contributed by atoms with E-state index in [0.717, 1.165) is 0 Å². The summed E-state index contributed by atoms with van der Waals surface area (Å²) >= 11 is 0. The molecule has 3 unspecified atom stereocenters. The molecule has 0 aliphatic rings. The first kappa shape index (κ1) is 27.3. The summed E-state index contributed by atoms with van der Waals surface area (Å²) in [5.74, 6) is -5.14. The fourth-order valence-electron chi connectivity index (χ4n) is 2.89. The van der Waals surface area contributed by atoms with Crippen molar-refractivity contribution >= 4 is 29.9 Å². The van der Waals surface area contributed by atoms with Gasteiger partial charge in [-0.3, -0.25) is 15.1 Å². The first-order valence-electron chi connectivity index (χ1n) is 10.1. The van der Waals surface area contributed by atoms with E-state index in [1.807, 2.05) is 5.32 Å². The Bertz CT molecular complexity index is 849. The molecule has 1 heterocycles. The number of unbranched alkanes of at least 4 members (excludes halogenated alkanes) is 1. The maximum atomic E-state index is 12.0. The van der Waals surface area contributed by atoms with Gasteiger partial charge in [-0.05, 0) is 51.3 Å². The second-order valence-corrected chi connectivity index (χ2v) is 7.40. The molecular weight excluding hydrogens is 440 g/mol. The fraction of sp³-hybridized carbons (Fsp3) is 0.500. The van der Waals surface area contributed by atoms with Crippen molar-refractivity contribution in [3.05, 3.63) is 30.1 Å². The van der Waals surface area contributed by atoms with E-state index in [0.29, 0.717) is 18.5 Å². The van der Waals surface area contributed by atoms with Crippen LogP contribution in [0.3, 0.4) is 0 Å². The van der Waals surface area contributed by atoms with E-state index in [1.165, 1.54) is 13.1 Å². The van der Waals surface area contributed by atoms with Crippen LogP contribution in [0.1, 0.15) is 44.7 Å². The lowest BCUT2D eigenvalue weighted by Gasteiger charge is -2.26. The Balaban J connectivity index is 2.55. The molecule has 13 nitrogen and oxygen atoms in total. The molecule has 13 heteroatoms. The van der Waals surface area contributed by atoms with Crippen LogP contribution in [0, 0.1) is 0 Å². The summed E-state index contributed by atoms with van der Waals surface area (Å²) in [4.78, 5) is 60.9. The summed E-state index contributed by atoms with van der Waals surface area (Å²) in [6.45, 7) is 1.70. The van der Waals surface area contributed by atoms with Crippen molar-refractivity contribution in [2.45, 2.75) is 56.7 Å². The van der Waals surface area contributed by atoms with Crippen molar-refractivity contribution < 1.29 is 44.4 Å². The van der Waals surface area contributed by atoms with Crippen molar-refractivity contribution in [1.29, 1.82) is 0 Å². The number of aromatic nitrogens is 1. The first-order chi connectivity index (χ1) is 15.5. The fourth-order valence-corrected chi connectivity index (χ4v) is 2.89. The Morgan fingerprint density at radius 2 is 1.55 bits per heavy atom. The Morgan fingerprint density at radius 3 is 2.03 bits per heavy atom. The summed E-state index contributed by atoms with van der Waals surface area (Å²) in [6, 6.07) is 1.04. The van der Waals surface area contributed by atoms with E-state index >= 15 is 0 Å². The number of rotatable bonds is 15. The van der Waals surface area contributed by atoms with Crippen LogP contribution < -0.4 is 16.0 Å². The predicted molar refractivity (Wildman–Crippen MR) is 112 cm³/mol. The Kier molecular flexibility index (Phi) is 10.7. The zero-order chi connectivity index (χ0) is 25.0. The Labute approximate surface area is 189 Å². The standard InChI is InChI=1S/C20H28N4O9/c1-20(18(31)32,14-7-3-4-10-21-14)22-11-5-2-6-12(16(27)28)23-19(33)24-13(17(29)30)8-9-15(25)26/h3-4,7,10,12-13,22H,2,5-6,8-9,11H2,1H3,(H,25,26)(H,27,28)(H,29,30)(H,31,32)(H2,23,24,33). The molecule has 0 aliphatic carbocycles.